The molecule has 0 saturated heterocycles. The van der Waals surface area contributed by atoms with E-state index in [4.69, 9.17) is 5.11 Å². The van der Waals surface area contributed by atoms with Crippen LogP contribution >= 0.6 is 0 Å². The standard InChI is InChI=1S/C22H33NO4/c1-2-22(12-7-13-22)20(25)11-10-18-17(16(15-23)14-19(18)24)8-5-3-4-6-9-21(26)27/h3,5,10-11,16-20,24-25H,2,4,6-9,12-14H2,1H3,(H,26,27)/b5-3-,11-10+/t16?,17-,18?,19+,20?/m0/s1. The lowest BCUT2D eigenvalue weighted by molar-refractivity contribution is -0.137. The molecule has 150 valence electrons. The third kappa shape index (κ3) is 5.43. The van der Waals surface area contributed by atoms with Crippen LogP contribution in [0.1, 0.15) is 64.7 Å². The van der Waals surface area contributed by atoms with Crippen LogP contribution in [0.25, 0.3) is 0 Å². The molecule has 0 aromatic heterocycles. The molecule has 2 aliphatic carbocycles. The van der Waals surface area contributed by atoms with Crippen molar-refractivity contribution in [3.8, 4) is 6.07 Å². The zero-order chi connectivity index (χ0) is 19.9. The number of aliphatic hydroxyl groups excluding tert-OH is 2. The Morgan fingerprint density at radius 3 is 2.67 bits per heavy atom. The zero-order valence-corrected chi connectivity index (χ0v) is 16.3. The molecule has 0 spiro atoms. The van der Waals surface area contributed by atoms with Crippen LogP contribution < -0.4 is 0 Å². The van der Waals surface area contributed by atoms with E-state index in [0.29, 0.717) is 25.7 Å². The Morgan fingerprint density at radius 2 is 2.11 bits per heavy atom. The molecule has 2 fully saturated rings. The Balaban J connectivity index is 1.95. The SMILES string of the molecule is CCC1(C(O)/C=C/C2[C@@H](C/C=C\CCCC(=O)O)C(C#N)C[C@H]2O)CCC1. The quantitative estimate of drug-likeness (QED) is 0.398. The topological polar surface area (TPSA) is 102 Å². The normalized spacial score (nSPS) is 31.0. The molecule has 5 atom stereocenters. The summed E-state index contributed by atoms with van der Waals surface area (Å²) < 4.78 is 0. The van der Waals surface area contributed by atoms with Crippen molar-refractivity contribution < 1.29 is 20.1 Å². The van der Waals surface area contributed by atoms with E-state index in [1.165, 1.54) is 0 Å². The molecule has 2 aliphatic rings. The lowest BCUT2D eigenvalue weighted by atomic mass is 9.63. The number of unbranched alkanes of at least 4 members (excludes halogenated alkanes) is 1. The number of carbonyl (C=O) groups is 1. The summed E-state index contributed by atoms with van der Waals surface area (Å²) in [6.07, 6.45) is 13.6. The summed E-state index contributed by atoms with van der Waals surface area (Å²) in [5.74, 6) is -1.07. The minimum absolute atomic E-state index is 0.00573. The maximum absolute atomic E-state index is 10.6. The van der Waals surface area contributed by atoms with Gasteiger partial charge in [0.2, 0.25) is 0 Å². The van der Waals surface area contributed by atoms with E-state index < -0.39 is 18.2 Å². The van der Waals surface area contributed by atoms with Crippen molar-refractivity contribution >= 4 is 5.97 Å². The van der Waals surface area contributed by atoms with Gasteiger partial charge in [-0.25, -0.2) is 0 Å². The first kappa shape index (κ1) is 21.7. The van der Waals surface area contributed by atoms with Gasteiger partial charge < -0.3 is 15.3 Å². The molecule has 5 heteroatoms. The van der Waals surface area contributed by atoms with Crippen LogP contribution in [0.3, 0.4) is 0 Å². The molecule has 0 aromatic carbocycles. The second-order valence-corrected chi connectivity index (χ2v) is 8.17. The fraction of sp³-hybridized carbons (Fsp3) is 0.727. The summed E-state index contributed by atoms with van der Waals surface area (Å²) in [6.45, 7) is 2.12. The van der Waals surface area contributed by atoms with Gasteiger partial charge in [-0.15, -0.1) is 0 Å². The molecule has 0 aliphatic heterocycles. The lowest BCUT2D eigenvalue weighted by Crippen LogP contribution is -2.39. The Hall–Kier alpha value is -1.64. The number of rotatable bonds is 10. The third-order valence-corrected chi connectivity index (χ3v) is 6.65. The molecule has 2 saturated carbocycles. The van der Waals surface area contributed by atoms with Crippen LogP contribution in [0.2, 0.25) is 0 Å². The monoisotopic (exact) mass is 375 g/mol. The molecule has 0 bridgehead atoms. The fourth-order valence-corrected chi connectivity index (χ4v) is 4.56. The highest BCUT2D eigenvalue weighted by Crippen LogP contribution is 2.47. The highest BCUT2D eigenvalue weighted by molar-refractivity contribution is 5.66. The summed E-state index contributed by atoms with van der Waals surface area (Å²) in [4.78, 5) is 10.5. The minimum atomic E-state index is -0.785. The molecule has 5 nitrogen and oxygen atoms in total. The number of hydrogen-bond donors (Lipinski definition) is 3. The molecular formula is C22H33NO4. The van der Waals surface area contributed by atoms with Gasteiger partial charge in [0.15, 0.2) is 0 Å². The van der Waals surface area contributed by atoms with Crippen LogP contribution in [0, 0.1) is 34.5 Å². The van der Waals surface area contributed by atoms with Crippen molar-refractivity contribution in [3.05, 3.63) is 24.3 Å². The first-order valence-electron chi connectivity index (χ1n) is 10.2. The fourth-order valence-electron chi connectivity index (χ4n) is 4.56. The average Bonchev–Trinajstić information content (AvgIpc) is 2.90. The first-order valence-corrected chi connectivity index (χ1v) is 10.2. The molecule has 27 heavy (non-hydrogen) atoms. The number of carboxylic acid groups (broad SMARTS) is 1. The summed E-state index contributed by atoms with van der Waals surface area (Å²) >= 11 is 0. The lowest BCUT2D eigenvalue weighted by Gasteiger charge is -2.44. The van der Waals surface area contributed by atoms with Gasteiger partial charge >= 0.3 is 5.97 Å². The second-order valence-electron chi connectivity index (χ2n) is 8.17. The maximum Gasteiger partial charge on any atom is 0.303 e. The maximum atomic E-state index is 10.6. The van der Waals surface area contributed by atoms with Crippen molar-refractivity contribution in [1.82, 2.24) is 0 Å². The van der Waals surface area contributed by atoms with E-state index in [-0.39, 0.29) is 29.6 Å². The van der Waals surface area contributed by atoms with Crippen molar-refractivity contribution in [3.63, 3.8) is 0 Å². The highest BCUT2D eigenvalue weighted by Gasteiger charge is 2.43. The Bertz CT molecular complexity index is 582. The molecule has 0 heterocycles. The molecular weight excluding hydrogens is 342 g/mol. The van der Waals surface area contributed by atoms with Crippen LogP contribution in [0.15, 0.2) is 24.3 Å². The van der Waals surface area contributed by atoms with Crippen LogP contribution in [-0.4, -0.2) is 33.5 Å². The van der Waals surface area contributed by atoms with Gasteiger partial charge in [-0.3, -0.25) is 4.79 Å². The van der Waals surface area contributed by atoms with E-state index in [2.05, 4.69) is 13.0 Å². The predicted octanol–water partition coefficient (Wildman–Crippen LogP) is 3.82. The molecule has 2 rings (SSSR count). The summed E-state index contributed by atoms with van der Waals surface area (Å²) in [6, 6.07) is 2.32. The third-order valence-electron chi connectivity index (χ3n) is 6.65. The minimum Gasteiger partial charge on any atom is -0.481 e. The number of hydrogen-bond acceptors (Lipinski definition) is 4. The Labute approximate surface area is 162 Å². The number of aliphatic carboxylic acids is 1. The second kappa shape index (κ2) is 10.1. The van der Waals surface area contributed by atoms with E-state index in [1.807, 2.05) is 24.3 Å². The smallest absolute Gasteiger partial charge is 0.303 e. The van der Waals surface area contributed by atoms with Crippen molar-refractivity contribution in [1.29, 1.82) is 5.26 Å². The molecule has 0 radical (unpaired) electrons. The van der Waals surface area contributed by atoms with E-state index in [0.717, 1.165) is 25.7 Å². The van der Waals surface area contributed by atoms with Crippen molar-refractivity contribution in [2.45, 2.75) is 76.9 Å². The van der Waals surface area contributed by atoms with Crippen LogP contribution in [-0.2, 0) is 4.79 Å². The van der Waals surface area contributed by atoms with Gasteiger partial charge in [-0.1, -0.05) is 37.6 Å². The molecule has 0 amide bonds. The largest absolute Gasteiger partial charge is 0.481 e. The summed E-state index contributed by atoms with van der Waals surface area (Å²) in [7, 11) is 0. The average molecular weight is 376 g/mol. The van der Waals surface area contributed by atoms with Gasteiger partial charge in [0.05, 0.1) is 24.2 Å². The summed E-state index contributed by atoms with van der Waals surface area (Å²) in [5.41, 5.74) is -0.00573. The Kier molecular flexibility index (Phi) is 8.07. The number of nitriles is 1. The number of carboxylic acids is 1. The zero-order valence-electron chi connectivity index (χ0n) is 16.3. The highest BCUT2D eigenvalue weighted by atomic mass is 16.4. The number of aliphatic hydroxyl groups is 2. The molecule has 3 unspecified atom stereocenters. The molecule has 3 N–H and O–H groups in total. The van der Waals surface area contributed by atoms with Gasteiger partial charge in [-0.05, 0) is 56.3 Å². The van der Waals surface area contributed by atoms with Gasteiger partial charge in [-0.2, -0.15) is 5.26 Å². The van der Waals surface area contributed by atoms with Crippen molar-refractivity contribution in [2.24, 2.45) is 23.2 Å². The number of allylic oxidation sites excluding steroid dienone is 2. The van der Waals surface area contributed by atoms with Crippen molar-refractivity contribution in [2.75, 3.05) is 0 Å². The summed E-state index contributed by atoms with van der Waals surface area (Å²) in [5, 5.41) is 39.1. The van der Waals surface area contributed by atoms with Gasteiger partial charge in [0, 0.05) is 12.3 Å². The first-order chi connectivity index (χ1) is 12.9. The van der Waals surface area contributed by atoms with Gasteiger partial charge in [0.25, 0.3) is 0 Å². The molecule has 0 aromatic rings. The van der Waals surface area contributed by atoms with Gasteiger partial charge in [0.1, 0.15) is 0 Å². The predicted molar refractivity (Wildman–Crippen MR) is 104 cm³/mol. The Morgan fingerprint density at radius 1 is 1.37 bits per heavy atom. The number of nitrogens with zero attached hydrogens (tertiary/aromatic N) is 1. The van der Waals surface area contributed by atoms with E-state index in [9.17, 15) is 20.3 Å². The van der Waals surface area contributed by atoms with E-state index in [1.54, 1.807) is 0 Å². The van der Waals surface area contributed by atoms with Crippen LogP contribution in [0.5, 0.6) is 0 Å². The van der Waals surface area contributed by atoms with Crippen LogP contribution in [0.4, 0.5) is 0 Å². The van der Waals surface area contributed by atoms with E-state index >= 15 is 0 Å².